The fourth-order valence-electron chi connectivity index (χ4n) is 1.67. The summed E-state index contributed by atoms with van der Waals surface area (Å²) in [5.74, 6) is -2.24. The molecule has 0 N–H and O–H groups in total. The van der Waals surface area contributed by atoms with E-state index in [4.69, 9.17) is 0 Å². The lowest BCUT2D eigenvalue weighted by molar-refractivity contribution is 0.103. The van der Waals surface area contributed by atoms with Crippen LogP contribution >= 0.6 is 27.3 Å². The molecule has 0 aliphatic rings. The van der Waals surface area contributed by atoms with Crippen LogP contribution in [0.4, 0.5) is 8.78 Å². The van der Waals surface area contributed by atoms with Crippen molar-refractivity contribution < 1.29 is 13.6 Å². The van der Waals surface area contributed by atoms with Crippen molar-refractivity contribution in [1.29, 1.82) is 0 Å². The predicted octanol–water partition coefficient (Wildman–Crippen LogP) is 4.64. The van der Waals surface area contributed by atoms with Crippen molar-refractivity contribution in [2.24, 2.45) is 0 Å². The van der Waals surface area contributed by atoms with E-state index in [1.807, 2.05) is 0 Å². The molecule has 1 aromatic heterocycles. The fourth-order valence-corrected chi connectivity index (χ4v) is 3.36. The average molecular weight is 331 g/mol. The summed E-state index contributed by atoms with van der Waals surface area (Å²) < 4.78 is 28.3. The lowest BCUT2D eigenvalue weighted by atomic mass is 10.0. The Labute approximate surface area is 116 Å². The van der Waals surface area contributed by atoms with Crippen molar-refractivity contribution in [3.63, 3.8) is 0 Å². The van der Waals surface area contributed by atoms with Crippen LogP contribution in [0.3, 0.4) is 0 Å². The molecule has 1 heterocycles. The zero-order valence-corrected chi connectivity index (χ0v) is 12.1. The number of ketones is 1. The molecular formula is C13H9BrF2OS. The molecule has 0 saturated heterocycles. The molecule has 0 saturated carbocycles. The molecule has 0 aliphatic carbocycles. The lowest BCUT2D eigenvalue weighted by Crippen LogP contribution is -2.09. The van der Waals surface area contributed by atoms with Gasteiger partial charge in [0.15, 0.2) is 5.78 Å². The van der Waals surface area contributed by atoms with E-state index in [9.17, 15) is 13.6 Å². The SMILES string of the molecule is Cc1ccc(F)c(C(=O)c2cc(Br)sc2C)c1F. The number of carbonyl (C=O) groups excluding carboxylic acids is 1. The maximum atomic E-state index is 13.9. The van der Waals surface area contributed by atoms with Crippen LogP contribution in [-0.4, -0.2) is 5.78 Å². The fraction of sp³-hybridized carbons (Fsp3) is 0.154. The van der Waals surface area contributed by atoms with Gasteiger partial charge in [0.2, 0.25) is 0 Å². The quantitative estimate of drug-likeness (QED) is 0.733. The van der Waals surface area contributed by atoms with Crippen molar-refractivity contribution in [1.82, 2.24) is 0 Å². The zero-order valence-electron chi connectivity index (χ0n) is 9.68. The molecule has 0 radical (unpaired) electrons. The molecule has 0 unspecified atom stereocenters. The highest BCUT2D eigenvalue weighted by Crippen LogP contribution is 2.29. The third kappa shape index (κ3) is 2.24. The number of hydrogen-bond acceptors (Lipinski definition) is 2. The molecule has 0 atom stereocenters. The van der Waals surface area contributed by atoms with Crippen LogP contribution in [0.15, 0.2) is 22.0 Å². The predicted molar refractivity (Wildman–Crippen MR) is 71.3 cm³/mol. The summed E-state index contributed by atoms with van der Waals surface area (Å²) in [5, 5.41) is 0. The van der Waals surface area contributed by atoms with Gasteiger partial charge in [-0.15, -0.1) is 11.3 Å². The molecule has 1 aromatic carbocycles. The van der Waals surface area contributed by atoms with E-state index in [0.29, 0.717) is 5.56 Å². The normalized spacial score (nSPS) is 10.7. The topological polar surface area (TPSA) is 17.1 Å². The van der Waals surface area contributed by atoms with Gasteiger partial charge in [0, 0.05) is 10.4 Å². The van der Waals surface area contributed by atoms with Gasteiger partial charge in [0.1, 0.15) is 11.6 Å². The zero-order chi connectivity index (χ0) is 13.4. The van der Waals surface area contributed by atoms with Gasteiger partial charge in [-0.05, 0) is 47.5 Å². The first-order valence-corrected chi connectivity index (χ1v) is 6.78. The Bertz CT molecular complexity index is 634. The summed E-state index contributed by atoms with van der Waals surface area (Å²) in [6.45, 7) is 3.25. The van der Waals surface area contributed by atoms with Crippen LogP contribution in [0.1, 0.15) is 26.4 Å². The first kappa shape index (κ1) is 13.4. The van der Waals surface area contributed by atoms with Crippen LogP contribution < -0.4 is 0 Å². The Kier molecular flexibility index (Phi) is 3.64. The minimum absolute atomic E-state index is 0.256. The molecule has 1 nitrogen and oxygen atoms in total. The summed E-state index contributed by atoms with van der Waals surface area (Å²) in [5.41, 5.74) is 0.102. The van der Waals surface area contributed by atoms with E-state index in [1.165, 1.54) is 24.3 Å². The highest BCUT2D eigenvalue weighted by Gasteiger charge is 2.23. The summed E-state index contributed by atoms with van der Waals surface area (Å²) in [7, 11) is 0. The summed E-state index contributed by atoms with van der Waals surface area (Å²) in [4.78, 5) is 12.9. The van der Waals surface area contributed by atoms with E-state index in [1.54, 1.807) is 13.0 Å². The number of aryl methyl sites for hydroxylation is 2. The average Bonchev–Trinajstić information content (AvgIpc) is 2.63. The van der Waals surface area contributed by atoms with E-state index in [0.717, 1.165) is 14.7 Å². The smallest absolute Gasteiger partial charge is 0.200 e. The second kappa shape index (κ2) is 4.90. The second-order valence-corrected chi connectivity index (χ2v) is 6.54. The van der Waals surface area contributed by atoms with Crippen molar-refractivity contribution >= 4 is 33.0 Å². The highest BCUT2D eigenvalue weighted by atomic mass is 79.9. The Hall–Kier alpha value is -1.07. The maximum absolute atomic E-state index is 13.9. The van der Waals surface area contributed by atoms with Crippen molar-refractivity contribution in [2.45, 2.75) is 13.8 Å². The monoisotopic (exact) mass is 330 g/mol. The first-order chi connectivity index (χ1) is 8.41. The van der Waals surface area contributed by atoms with Crippen LogP contribution in [0.2, 0.25) is 0 Å². The molecule has 0 amide bonds. The molecule has 0 fully saturated rings. The van der Waals surface area contributed by atoms with Gasteiger partial charge in [-0.2, -0.15) is 0 Å². The minimum Gasteiger partial charge on any atom is -0.288 e. The van der Waals surface area contributed by atoms with Crippen molar-refractivity contribution in [3.05, 3.63) is 55.2 Å². The van der Waals surface area contributed by atoms with E-state index < -0.39 is 23.0 Å². The summed E-state index contributed by atoms with van der Waals surface area (Å²) >= 11 is 4.61. The van der Waals surface area contributed by atoms with Gasteiger partial charge in [-0.1, -0.05) is 6.07 Å². The number of thiophene rings is 1. The third-order valence-corrected chi connectivity index (χ3v) is 4.20. The Balaban J connectivity index is 2.60. The molecule has 94 valence electrons. The molecule has 18 heavy (non-hydrogen) atoms. The van der Waals surface area contributed by atoms with Crippen LogP contribution in [0.25, 0.3) is 0 Å². The van der Waals surface area contributed by atoms with Crippen LogP contribution in [0, 0.1) is 25.5 Å². The third-order valence-electron chi connectivity index (χ3n) is 2.64. The Morgan fingerprint density at radius 1 is 1.28 bits per heavy atom. The number of hydrogen-bond donors (Lipinski definition) is 0. The molecule has 5 heteroatoms. The van der Waals surface area contributed by atoms with E-state index >= 15 is 0 Å². The van der Waals surface area contributed by atoms with Gasteiger partial charge in [-0.3, -0.25) is 4.79 Å². The highest BCUT2D eigenvalue weighted by molar-refractivity contribution is 9.11. The standard InChI is InChI=1S/C13H9BrF2OS/c1-6-3-4-9(15)11(12(6)16)13(17)8-5-10(14)18-7(8)2/h3-5H,1-2H3. The molecular weight excluding hydrogens is 322 g/mol. The van der Waals surface area contributed by atoms with Crippen molar-refractivity contribution in [2.75, 3.05) is 0 Å². The molecule has 2 aromatic rings. The van der Waals surface area contributed by atoms with Gasteiger partial charge in [0.05, 0.1) is 9.35 Å². The van der Waals surface area contributed by atoms with Crippen molar-refractivity contribution in [3.8, 4) is 0 Å². The second-order valence-electron chi connectivity index (χ2n) is 3.90. The first-order valence-electron chi connectivity index (χ1n) is 5.17. The minimum atomic E-state index is -0.829. The molecule has 2 rings (SSSR count). The summed E-state index contributed by atoms with van der Waals surface area (Å²) in [6, 6.07) is 4.02. The number of benzene rings is 1. The van der Waals surface area contributed by atoms with Crippen LogP contribution in [0.5, 0.6) is 0 Å². The molecule has 0 bridgehead atoms. The Morgan fingerprint density at radius 2 is 1.94 bits per heavy atom. The maximum Gasteiger partial charge on any atom is 0.200 e. The van der Waals surface area contributed by atoms with Gasteiger partial charge < -0.3 is 0 Å². The van der Waals surface area contributed by atoms with Gasteiger partial charge >= 0.3 is 0 Å². The van der Waals surface area contributed by atoms with E-state index in [2.05, 4.69) is 15.9 Å². The number of halogens is 3. The lowest BCUT2D eigenvalue weighted by Gasteiger charge is -2.06. The van der Waals surface area contributed by atoms with Gasteiger partial charge in [0.25, 0.3) is 0 Å². The molecule has 0 aliphatic heterocycles. The van der Waals surface area contributed by atoms with Gasteiger partial charge in [-0.25, -0.2) is 8.78 Å². The molecule has 0 spiro atoms. The van der Waals surface area contributed by atoms with E-state index in [-0.39, 0.29) is 5.56 Å². The largest absolute Gasteiger partial charge is 0.288 e. The summed E-state index contributed by atoms with van der Waals surface area (Å²) in [6.07, 6.45) is 0. The number of rotatable bonds is 2. The number of carbonyl (C=O) groups is 1. The van der Waals surface area contributed by atoms with Crippen LogP contribution in [-0.2, 0) is 0 Å². The Morgan fingerprint density at radius 3 is 2.50 bits per heavy atom.